The second kappa shape index (κ2) is 11.7. The van der Waals surface area contributed by atoms with Gasteiger partial charge in [0.05, 0.1) is 54.4 Å². The van der Waals surface area contributed by atoms with E-state index >= 15 is 0 Å². The molecule has 1 heterocycles. The zero-order chi connectivity index (χ0) is 26.4. The predicted octanol–water partition coefficient (Wildman–Crippen LogP) is 6.08. The molecule has 0 N–H and O–H groups in total. The molecule has 0 bridgehead atoms. The van der Waals surface area contributed by atoms with Gasteiger partial charge in [0, 0.05) is 11.1 Å². The van der Waals surface area contributed by atoms with E-state index in [4.69, 9.17) is 28.4 Å². The van der Waals surface area contributed by atoms with Crippen LogP contribution in [0, 0.1) is 0 Å². The molecule has 192 valence electrons. The molecule has 37 heavy (non-hydrogen) atoms. The van der Waals surface area contributed by atoms with E-state index in [1.807, 2.05) is 60.7 Å². The van der Waals surface area contributed by atoms with E-state index in [9.17, 15) is 0 Å². The maximum Gasteiger partial charge on any atom is 0.203 e. The monoisotopic (exact) mass is 520 g/mol. The highest BCUT2D eigenvalue weighted by molar-refractivity contribution is 7.00. The minimum absolute atomic E-state index is 0.552. The summed E-state index contributed by atoms with van der Waals surface area (Å²) in [6.07, 6.45) is 7.95. The van der Waals surface area contributed by atoms with Crippen molar-refractivity contribution in [3.05, 3.63) is 58.7 Å². The largest absolute Gasteiger partial charge is 0.493 e. The summed E-state index contributed by atoms with van der Waals surface area (Å²) in [5, 5.41) is 0. The van der Waals surface area contributed by atoms with Crippen molar-refractivity contribution in [3.8, 4) is 34.5 Å². The Bertz CT molecular complexity index is 1300. The summed E-state index contributed by atoms with van der Waals surface area (Å²) < 4.78 is 41.7. The van der Waals surface area contributed by atoms with Crippen LogP contribution >= 0.6 is 11.7 Å². The topological polar surface area (TPSA) is 81.2 Å². The van der Waals surface area contributed by atoms with Gasteiger partial charge in [-0.25, -0.2) is 0 Å². The van der Waals surface area contributed by atoms with Gasteiger partial charge in [0.25, 0.3) is 0 Å². The second-order valence-electron chi connectivity index (χ2n) is 7.79. The molecular weight excluding hydrogens is 492 g/mol. The minimum Gasteiger partial charge on any atom is -0.493 e. The maximum absolute atomic E-state index is 5.46. The Labute approximate surface area is 220 Å². The van der Waals surface area contributed by atoms with Gasteiger partial charge in [-0.2, -0.15) is 8.75 Å². The van der Waals surface area contributed by atoms with E-state index in [0.717, 1.165) is 33.3 Å². The number of ether oxygens (including phenoxy) is 6. The van der Waals surface area contributed by atoms with Crippen LogP contribution in [0.5, 0.6) is 34.5 Å². The molecule has 0 atom stereocenters. The van der Waals surface area contributed by atoms with Gasteiger partial charge in [-0.15, -0.1) is 0 Å². The first-order valence-corrected chi connectivity index (χ1v) is 12.0. The fourth-order valence-corrected chi connectivity index (χ4v) is 4.53. The molecule has 0 saturated carbocycles. The summed E-state index contributed by atoms with van der Waals surface area (Å²) >= 11 is 1.18. The third-order valence-corrected chi connectivity index (χ3v) is 6.29. The number of aromatic nitrogens is 2. The molecule has 0 fully saturated rings. The molecule has 0 aliphatic carbocycles. The van der Waals surface area contributed by atoms with Crippen LogP contribution in [0.1, 0.15) is 22.3 Å². The molecule has 0 spiro atoms. The van der Waals surface area contributed by atoms with Crippen molar-refractivity contribution in [2.45, 2.75) is 0 Å². The Morgan fingerprint density at radius 2 is 0.865 bits per heavy atom. The zero-order valence-electron chi connectivity index (χ0n) is 21.5. The average Bonchev–Trinajstić information content (AvgIpc) is 3.44. The first-order chi connectivity index (χ1) is 18.1. The van der Waals surface area contributed by atoms with Crippen molar-refractivity contribution in [1.82, 2.24) is 8.75 Å². The van der Waals surface area contributed by atoms with Gasteiger partial charge in [-0.3, -0.25) is 0 Å². The molecule has 1 aromatic heterocycles. The first-order valence-electron chi connectivity index (χ1n) is 11.3. The van der Waals surface area contributed by atoms with Gasteiger partial charge in [0.1, 0.15) is 11.0 Å². The quantitative estimate of drug-likeness (QED) is 0.233. The highest BCUT2D eigenvalue weighted by Gasteiger charge is 2.14. The van der Waals surface area contributed by atoms with E-state index in [1.54, 1.807) is 42.7 Å². The van der Waals surface area contributed by atoms with Crippen molar-refractivity contribution < 1.29 is 28.4 Å². The number of rotatable bonds is 10. The summed E-state index contributed by atoms with van der Waals surface area (Å²) in [5.41, 5.74) is 5.33. The van der Waals surface area contributed by atoms with Gasteiger partial charge >= 0.3 is 0 Å². The molecule has 0 unspecified atom stereocenters. The first kappa shape index (κ1) is 25.8. The Morgan fingerprint density at radius 1 is 0.514 bits per heavy atom. The normalized spacial score (nSPS) is 11.3. The predicted molar refractivity (Wildman–Crippen MR) is 147 cm³/mol. The van der Waals surface area contributed by atoms with Crippen LogP contribution in [0.3, 0.4) is 0 Å². The maximum atomic E-state index is 5.46. The van der Waals surface area contributed by atoms with Crippen LogP contribution in [0.4, 0.5) is 0 Å². The van der Waals surface area contributed by atoms with Gasteiger partial charge in [-0.1, -0.05) is 36.4 Å². The summed E-state index contributed by atoms with van der Waals surface area (Å²) in [5.74, 6) is 3.47. The average molecular weight is 521 g/mol. The van der Waals surface area contributed by atoms with Crippen molar-refractivity contribution >= 4 is 47.1 Å². The van der Waals surface area contributed by atoms with E-state index in [1.165, 1.54) is 11.7 Å². The Kier molecular flexibility index (Phi) is 8.15. The van der Waals surface area contributed by atoms with Gasteiger partial charge in [-0.05, 0) is 35.4 Å². The molecule has 4 rings (SSSR count). The molecule has 0 radical (unpaired) electrons. The van der Waals surface area contributed by atoms with Crippen LogP contribution < -0.4 is 28.4 Å². The number of benzene rings is 3. The van der Waals surface area contributed by atoms with Crippen LogP contribution in [0.2, 0.25) is 0 Å². The summed E-state index contributed by atoms with van der Waals surface area (Å²) in [7, 11) is 9.55. The van der Waals surface area contributed by atoms with Gasteiger partial charge < -0.3 is 28.4 Å². The van der Waals surface area contributed by atoms with E-state index < -0.39 is 0 Å². The highest BCUT2D eigenvalue weighted by Crippen LogP contribution is 2.40. The van der Waals surface area contributed by atoms with E-state index in [0.29, 0.717) is 34.5 Å². The lowest BCUT2D eigenvalue weighted by atomic mass is 10.0. The second-order valence-corrected chi connectivity index (χ2v) is 8.32. The molecule has 0 saturated heterocycles. The van der Waals surface area contributed by atoms with Crippen LogP contribution in [-0.2, 0) is 0 Å². The van der Waals surface area contributed by atoms with Crippen molar-refractivity contribution in [1.29, 1.82) is 0 Å². The lowest BCUT2D eigenvalue weighted by Gasteiger charge is -2.13. The van der Waals surface area contributed by atoms with E-state index in [2.05, 4.69) is 8.75 Å². The third kappa shape index (κ3) is 5.31. The van der Waals surface area contributed by atoms with Crippen LogP contribution in [0.15, 0.2) is 36.4 Å². The molecule has 9 heteroatoms. The number of methoxy groups -OCH3 is 6. The molecule has 3 aromatic carbocycles. The molecule has 0 amide bonds. The SMILES string of the molecule is COc1cc(/C=C/c2ccc(/C=C/c3cc(OC)c(OC)c(OC)c3)c3nsnc23)cc(OC)c1OC. The number of hydrogen-bond acceptors (Lipinski definition) is 9. The fraction of sp³-hybridized carbons (Fsp3) is 0.214. The number of nitrogens with zero attached hydrogens (tertiary/aromatic N) is 2. The van der Waals surface area contributed by atoms with Crippen LogP contribution in [-0.4, -0.2) is 51.4 Å². The fourth-order valence-electron chi connectivity index (χ4n) is 3.94. The van der Waals surface area contributed by atoms with Crippen LogP contribution in [0.25, 0.3) is 35.3 Å². The standard InChI is InChI=1S/C28H28N2O6S/c1-31-21-13-17(14-22(32-2)27(21)35-5)7-9-19-11-12-20(26-25(19)29-37-30-26)10-8-18-15-23(33-3)28(36-6)24(16-18)34-4/h7-16H,1-6H3/b9-7+,10-8+. The Hall–Kier alpha value is -4.24. The minimum atomic E-state index is 0.552. The number of hydrogen-bond donors (Lipinski definition) is 0. The third-order valence-electron chi connectivity index (χ3n) is 5.76. The number of fused-ring (bicyclic) bond motifs is 1. The van der Waals surface area contributed by atoms with Crippen molar-refractivity contribution in [2.75, 3.05) is 42.7 Å². The molecular formula is C28H28N2O6S. The Morgan fingerprint density at radius 3 is 1.16 bits per heavy atom. The van der Waals surface area contributed by atoms with Gasteiger partial charge in [0.15, 0.2) is 23.0 Å². The molecule has 4 aromatic rings. The van der Waals surface area contributed by atoms with Crippen molar-refractivity contribution in [2.24, 2.45) is 0 Å². The zero-order valence-corrected chi connectivity index (χ0v) is 22.3. The lowest BCUT2D eigenvalue weighted by molar-refractivity contribution is 0.324. The summed E-state index contributed by atoms with van der Waals surface area (Å²) in [6.45, 7) is 0. The molecule has 0 aliphatic rings. The summed E-state index contributed by atoms with van der Waals surface area (Å²) in [4.78, 5) is 0. The Balaban J connectivity index is 1.66. The highest BCUT2D eigenvalue weighted by atomic mass is 32.1. The molecule has 8 nitrogen and oxygen atoms in total. The summed E-state index contributed by atoms with van der Waals surface area (Å²) in [6, 6.07) is 11.6. The van der Waals surface area contributed by atoms with Gasteiger partial charge in [0.2, 0.25) is 11.5 Å². The van der Waals surface area contributed by atoms with Crippen molar-refractivity contribution in [3.63, 3.8) is 0 Å². The lowest BCUT2D eigenvalue weighted by Crippen LogP contribution is -1.95. The smallest absolute Gasteiger partial charge is 0.203 e. The molecule has 0 aliphatic heterocycles. The van der Waals surface area contributed by atoms with E-state index in [-0.39, 0.29) is 0 Å².